The van der Waals surface area contributed by atoms with Crippen LogP contribution in [0.25, 0.3) is 10.2 Å². The third-order valence-corrected chi connectivity index (χ3v) is 6.97. The number of hydrogen-bond donors (Lipinski definition) is 1. The number of thioether (sulfide) groups is 1. The summed E-state index contributed by atoms with van der Waals surface area (Å²) < 4.78 is 1.68. The van der Waals surface area contributed by atoms with Crippen molar-refractivity contribution in [3.63, 3.8) is 0 Å². The lowest BCUT2D eigenvalue weighted by Gasteiger charge is -2.10. The van der Waals surface area contributed by atoms with Crippen molar-refractivity contribution in [3.05, 3.63) is 32.4 Å². The average Bonchev–Trinajstić information content (AvgIpc) is 3.29. The molecule has 0 fully saturated rings. The minimum atomic E-state index is -0.148. The lowest BCUT2D eigenvalue weighted by atomic mass is 10.2. The maximum atomic E-state index is 12.9. The normalized spacial score (nSPS) is 13.3. The number of carbonyl (C=O) groups excluding carboxylic acids is 1. The van der Waals surface area contributed by atoms with Gasteiger partial charge in [0.1, 0.15) is 4.83 Å². The molecule has 25 heavy (non-hydrogen) atoms. The number of nitrogens with zero attached hydrogens (tertiary/aromatic N) is 3. The summed E-state index contributed by atoms with van der Waals surface area (Å²) >= 11 is 4.30. The van der Waals surface area contributed by atoms with Gasteiger partial charge in [-0.25, -0.2) is 9.97 Å². The van der Waals surface area contributed by atoms with Crippen LogP contribution < -0.4 is 10.9 Å². The molecule has 3 aromatic rings. The van der Waals surface area contributed by atoms with Crippen LogP contribution >= 0.6 is 34.4 Å². The van der Waals surface area contributed by atoms with Gasteiger partial charge in [0.05, 0.1) is 11.1 Å². The van der Waals surface area contributed by atoms with Crippen molar-refractivity contribution >= 4 is 55.7 Å². The summed E-state index contributed by atoms with van der Waals surface area (Å²) in [6, 6.07) is 0. The number of carbonyl (C=O) groups is 1. The van der Waals surface area contributed by atoms with Crippen molar-refractivity contribution in [3.8, 4) is 0 Å². The van der Waals surface area contributed by atoms with E-state index < -0.39 is 0 Å². The van der Waals surface area contributed by atoms with Crippen LogP contribution in [0, 0.1) is 0 Å². The molecule has 9 heteroatoms. The SMILES string of the molecule is CCn1c(SCC(=O)Nc2nccs2)nc2sc3c(c2c1=O)CCC3. The molecule has 3 aromatic heterocycles. The first-order valence-electron chi connectivity index (χ1n) is 8.04. The van der Waals surface area contributed by atoms with Crippen LogP contribution in [-0.2, 0) is 24.2 Å². The number of fused-ring (bicyclic) bond motifs is 3. The van der Waals surface area contributed by atoms with Crippen LogP contribution in [-0.4, -0.2) is 26.2 Å². The van der Waals surface area contributed by atoms with Crippen LogP contribution in [0.3, 0.4) is 0 Å². The quantitative estimate of drug-likeness (QED) is 0.533. The van der Waals surface area contributed by atoms with Crippen molar-refractivity contribution in [1.82, 2.24) is 14.5 Å². The zero-order valence-electron chi connectivity index (χ0n) is 13.6. The highest BCUT2D eigenvalue weighted by Gasteiger charge is 2.23. The molecule has 1 amide bonds. The topological polar surface area (TPSA) is 76.9 Å². The van der Waals surface area contributed by atoms with E-state index in [2.05, 4.69) is 10.3 Å². The number of rotatable bonds is 5. The largest absolute Gasteiger partial charge is 0.301 e. The minimum absolute atomic E-state index is 0.0229. The van der Waals surface area contributed by atoms with E-state index in [4.69, 9.17) is 4.98 Å². The average molecular weight is 393 g/mol. The predicted molar refractivity (Wildman–Crippen MR) is 103 cm³/mol. The van der Waals surface area contributed by atoms with Crippen molar-refractivity contribution in [2.24, 2.45) is 0 Å². The van der Waals surface area contributed by atoms with Gasteiger partial charge < -0.3 is 5.32 Å². The zero-order chi connectivity index (χ0) is 17.4. The summed E-state index contributed by atoms with van der Waals surface area (Å²) in [5, 5.41) is 6.53. The first-order chi connectivity index (χ1) is 12.2. The molecule has 4 rings (SSSR count). The van der Waals surface area contributed by atoms with Gasteiger partial charge in [0, 0.05) is 23.0 Å². The summed E-state index contributed by atoms with van der Waals surface area (Å²) in [6.45, 7) is 2.48. The number of amides is 1. The maximum absolute atomic E-state index is 12.9. The molecule has 0 unspecified atom stereocenters. The van der Waals surface area contributed by atoms with E-state index in [0.29, 0.717) is 16.8 Å². The van der Waals surface area contributed by atoms with E-state index in [1.54, 1.807) is 22.1 Å². The van der Waals surface area contributed by atoms with Crippen LogP contribution in [0.5, 0.6) is 0 Å². The van der Waals surface area contributed by atoms with E-state index >= 15 is 0 Å². The number of anilines is 1. The number of hydrogen-bond acceptors (Lipinski definition) is 7. The second-order valence-electron chi connectivity index (χ2n) is 5.66. The fraction of sp³-hybridized carbons (Fsp3) is 0.375. The highest BCUT2D eigenvalue weighted by atomic mass is 32.2. The van der Waals surface area contributed by atoms with Gasteiger partial charge in [0.15, 0.2) is 10.3 Å². The Bertz CT molecular complexity index is 991. The lowest BCUT2D eigenvalue weighted by Crippen LogP contribution is -2.23. The molecule has 0 saturated carbocycles. The predicted octanol–water partition coefficient (Wildman–Crippen LogP) is 3.15. The Balaban J connectivity index is 1.61. The first kappa shape index (κ1) is 16.7. The molecule has 0 radical (unpaired) electrons. The Kier molecular flexibility index (Phi) is 4.61. The van der Waals surface area contributed by atoms with E-state index in [1.807, 2.05) is 12.3 Å². The first-order valence-corrected chi connectivity index (χ1v) is 10.7. The van der Waals surface area contributed by atoms with Crippen LogP contribution in [0.15, 0.2) is 21.5 Å². The second kappa shape index (κ2) is 6.89. The standard InChI is InChI=1S/C16H16N4O2S3/c1-2-20-14(22)12-9-4-3-5-10(9)25-13(12)19-16(20)24-8-11(21)18-15-17-6-7-23-15/h6-7H,2-5,8H2,1H3,(H,17,18,21). The molecule has 0 bridgehead atoms. The number of thiophene rings is 1. The van der Waals surface area contributed by atoms with Crippen LogP contribution in [0.2, 0.25) is 0 Å². The Morgan fingerprint density at radius 2 is 2.32 bits per heavy atom. The van der Waals surface area contributed by atoms with Gasteiger partial charge in [-0.1, -0.05) is 11.8 Å². The minimum Gasteiger partial charge on any atom is -0.301 e. The summed E-state index contributed by atoms with van der Waals surface area (Å²) in [6.07, 6.45) is 4.78. The van der Waals surface area contributed by atoms with Crippen molar-refractivity contribution < 1.29 is 4.79 Å². The van der Waals surface area contributed by atoms with Crippen LogP contribution in [0.4, 0.5) is 5.13 Å². The van der Waals surface area contributed by atoms with Crippen molar-refractivity contribution in [2.75, 3.05) is 11.1 Å². The number of aryl methyl sites for hydroxylation is 2. The summed E-state index contributed by atoms with van der Waals surface area (Å²) in [5.41, 5.74) is 1.22. The van der Waals surface area contributed by atoms with Gasteiger partial charge >= 0.3 is 0 Å². The van der Waals surface area contributed by atoms with Gasteiger partial charge in [-0.2, -0.15) is 0 Å². The third-order valence-electron chi connectivity index (χ3n) is 4.12. The molecule has 1 N–H and O–H groups in total. The van der Waals surface area contributed by atoms with Gasteiger partial charge in [-0.15, -0.1) is 22.7 Å². The Labute approximate surface area is 156 Å². The third kappa shape index (κ3) is 3.11. The van der Waals surface area contributed by atoms with E-state index in [0.717, 1.165) is 29.5 Å². The number of thiazole rings is 1. The molecule has 0 atom stereocenters. The van der Waals surface area contributed by atoms with Gasteiger partial charge in [-0.05, 0) is 31.7 Å². The van der Waals surface area contributed by atoms with Gasteiger partial charge in [0.2, 0.25) is 5.91 Å². The highest BCUT2D eigenvalue weighted by Crippen LogP contribution is 2.35. The van der Waals surface area contributed by atoms with Crippen molar-refractivity contribution in [2.45, 2.75) is 37.9 Å². The second-order valence-corrected chi connectivity index (χ2v) is 8.58. The molecular formula is C16H16N4O2S3. The molecule has 0 aromatic carbocycles. The summed E-state index contributed by atoms with van der Waals surface area (Å²) in [5.74, 6) is 0.0495. The fourth-order valence-corrected chi connectivity index (χ4v) is 5.73. The zero-order valence-corrected chi connectivity index (χ0v) is 16.0. The monoisotopic (exact) mass is 392 g/mol. The van der Waals surface area contributed by atoms with Gasteiger partial charge in [0.25, 0.3) is 5.56 Å². The van der Waals surface area contributed by atoms with E-state index in [-0.39, 0.29) is 17.2 Å². The molecule has 130 valence electrons. The number of nitrogens with one attached hydrogen (secondary N) is 1. The van der Waals surface area contributed by atoms with Crippen LogP contribution in [0.1, 0.15) is 23.8 Å². The molecule has 1 aliphatic carbocycles. The van der Waals surface area contributed by atoms with Crippen molar-refractivity contribution in [1.29, 1.82) is 0 Å². The summed E-state index contributed by atoms with van der Waals surface area (Å²) in [7, 11) is 0. The van der Waals surface area contributed by atoms with E-state index in [1.165, 1.54) is 33.5 Å². The molecule has 0 saturated heterocycles. The summed E-state index contributed by atoms with van der Waals surface area (Å²) in [4.78, 5) is 35.8. The highest BCUT2D eigenvalue weighted by molar-refractivity contribution is 7.99. The number of aromatic nitrogens is 3. The lowest BCUT2D eigenvalue weighted by molar-refractivity contribution is -0.113. The molecular weight excluding hydrogens is 376 g/mol. The molecule has 3 heterocycles. The Morgan fingerprint density at radius 3 is 3.08 bits per heavy atom. The van der Waals surface area contributed by atoms with Gasteiger partial charge in [-0.3, -0.25) is 14.2 Å². The Morgan fingerprint density at radius 1 is 1.44 bits per heavy atom. The molecule has 1 aliphatic rings. The molecule has 0 spiro atoms. The Hall–Kier alpha value is -1.71. The smallest absolute Gasteiger partial charge is 0.263 e. The maximum Gasteiger partial charge on any atom is 0.263 e. The molecule has 0 aliphatic heterocycles. The molecule has 6 nitrogen and oxygen atoms in total. The fourth-order valence-electron chi connectivity index (χ4n) is 3.02. The van der Waals surface area contributed by atoms with E-state index in [9.17, 15) is 9.59 Å².